The number of hydrogen-bond donors (Lipinski definition) is 1. The summed E-state index contributed by atoms with van der Waals surface area (Å²) in [7, 11) is 0. The summed E-state index contributed by atoms with van der Waals surface area (Å²) >= 11 is 5.93. The molecule has 0 unspecified atom stereocenters. The third-order valence-corrected chi connectivity index (χ3v) is 2.88. The fourth-order valence-corrected chi connectivity index (χ4v) is 1.95. The highest BCUT2D eigenvalue weighted by molar-refractivity contribution is 6.44. The van der Waals surface area contributed by atoms with Crippen LogP contribution >= 0.6 is 11.6 Å². The molecule has 0 aliphatic rings. The summed E-state index contributed by atoms with van der Waals surface area (Å²) in [5, 5.41) is 8.91. The second-order valence-electron chi connectivity index (χ2n) is 3.73. The lowest BCUT2D eigenvalue weighted by molar-refractivity contribution is -0.131. The predicted octanol–water partition coefficient (Wildman–Crippen LogP) is 3.77. The maximum atomic E-state index is 11.1. The molecule has 1 N–H and O–H groups in total. The van der Waals surface area contributed by atoms with Crippen LogP contribution in [0.5, 0.6) is 0 Å². The van der Waals surface area contributed by atoms with E-state index in [2.05, 4.69) is 0 Å². The monoisotopic (exact) mass is 258 g/mol. The number of rotatable bonds is 3. The van der Waals surface area contributed by atoms with E-state index in [-0.39, 0.29) is 5.03 Å². The van der Waals surface area contributed by atoms with Crippen molar-refractivity contribution >= 4 is 23.1 Å². The van der Waals surface area contributed by atoms with E-state index in [1.165, 1.54) is 0 Å². The molecule has 0 atom stereocenters. The minimum Gasteiger partial charge on any atom is -0.477 e. The third-order valence-electron chi connectivity index (χ3n) is 2.53. The molecule has 0 aromatic heterocycles. The van der Waals surface area contributed by atoms with Gasteiger partial charge in [0.05, 0.1) is 0 Å². The van der Waals surface area contributed by atoms with E-state index in [1.54, 1.807) is 0 Å². The van der Waals surface area contributed by atoms with Crippen molar-refractivity contribution in [3.63, 3.8) is 0 Å². The van der Waals surface area contributed by atoms with Crippen molar-refractivity contribution in [2.45, 2.75) is 0 Å². The minimum absolute atomic E-state index is 0.174. The zero-order valence-electron chi connectivity index (χ0n) is 9.51. The molecule has 0 saturated heterocycles. The Labute approximate surface area is 110 Å². The van der Waals surface area contributed by atoms with Gasteiger partial charge in [-0.25, -0.2) is 4.79 Å². The van der Waals surface area contributed by atoms with Gasteiger partial charge in [0.2, 0.25) is 0 Å². The molecule has 0 heterocycles. The van der Waals surface area contributed by atoms with Crippen LogP contribution < -0.4 is 0 Å². The van der Waals surface area contributed by atoms with Crippen LogP contribution in [0.1, 0.15) is 11.1 Å². The molecule has 0 aliphatic carbocycles. The number of aliphatic carboxylic acids is 1. The van der Waals surface area contributed by atoms with Crippen LogP contribution in [0.2, 0.25) is 0 Å². The van der Waals surface area contributed by atoms with Crippen LogP contribution in [0.4, 0.5) is 0 Å². The molecule has 0 aliphatic heterocycles. The summed E-state index contributed by atoms with van der Waals surface area (Å²) in [6.45, 7) is 0. The fourth-order valence-electron chi connectivity index (χ4n) is 1.74. The fraction of sp³-hybridized carbons (Fsp3) is 0. The average Bonchev–Trinajstić information content (AvgIpc) is 2.41. The number of carboxylic acid groups (broad SMARTS) is 1. The van der Waals surface area contributed by atoms with Crippen molar-refractivity contribution in [2.24, 2.45) is 0 Å². The van der Waals surface area contributed by atoms with E-state index < -0.39 is 5.97 Å². The lowest BCUT2D eigenvalue weighted by atomic mass is 9.97. The number of halogens is 1. The quantitative estimate of drug-likeness (QED) is 0.851. The molecule has 3 heteroatoms. The Kier molecular flexibility index (Phi) is 3.80. The van der Waals surface area contributed by atoms with Gasteiger partial charge in [0.1, 0.15) is 5.03 Å². The van der Waals surface area contributed by atoms with Crippen LogP contribution in [-0.2, 0) is 4.79 Å². The zero-order chi connectivity index (χ0) is 13.0. The van der Waals surface area contributed by atoms with Crippen molar-refractivity contribution in [1.29, 1.82) is 0 Å². The molecule has 2 aromatic carbocycles. The van der Waals surface area contributed by atoms with E-state index in [0.29, 0.717) is 5.57 Å². The number of carbonyl (C=O) groups is 1. The van der Waals surface area contributed by atoms with Crippen molar-refractivity contribution in [3.05, 3.63) is 76.8 Å². The summed E-state index contributed by atoms with van der Waals surface area (Å²) in [6, 6.07) is 18.5. The topological polar surface area (TPSA) is 37.3 Å². The van der Waals surface area contributed by atoms with Gasteiger partial charge in [0.25, 0.3) is 0 Å². The highest BCUT2D eigenvalue weighted by Gasteiger charge is 2.15. The second-order valence-corrected chi connectivity index (χ2v) is 4.10. The van der Waals surface area contributed by atoms with E-state index in [9.17, 15) is 4.79 Å². The molecule has 90 valence electrons. The second kappa shape index (κ2) is 5.52. The van der Waals surface area contributed by atoms with Crippen molar-refractivity contribution in [3.8, 4) is 0 Å². The molecule has 0 radical (unpaired) electrons. The van der Waals surface area contributed by atoms with Gasteiger partial charge >= 0.3 is 5.97 Å². The Bertz CT molecular complexity index is 532. The van der Waals surface area contributed by atoms with Crippen LogP contribution in [0.15, 0.2) is 65.7 Å². The first kappa shape index (κ1) is 12.4. The molecule has 2 rings (SSSR count). The first-order valence-electron chi connectivity index (χ1n) is 5.44. The maximum absolute atomic E-state index is 11.1. The van der Waals surface area contributed by atoms with Crippen LogP contribution in [0, 0.1) is 0 Å². The SMILES string of the molecule is O=C(O)C(Cl)=C(c1ccccc1)c1ccccc1. The van der Waals surface area contributed by atoms with Gasteiger partial charge in [-0.15, -0.1) is 0 Å². The Balaban J connectivity index is 2.64. The molecule has 0 saturated carbocycles. The average molecular weight is 259 g/mol. The van der Waals surface area contributed by atoms with Crippen LogP contribution in [0.25, 0.3) is 5.57 Å². The predicted molar refractivity (Wildman–Crippen MR) is 72.4 cm³/mol. The Morgan fingerprint density at radius 2 is 1.22 bits per heavy atom. The molecule has 2 nitrogen and oxygen atoms in total. The smallest absolute Gasteiger partial charge is 0.347 e. The number of hydrogen-bond acceptors (Lipinski definition) is 1. The Hall–Kier alpha value is -2.06. The zero-order valence-corrected chi connectivity index (χ0v) is 10.3. The molecule has 2 aromatic rings. The maximum Gasteiger partial charge on any atom is 0.347 e. The van der Waals surface area contributed by atoms with Gasteiger partial charge < -0.3 is 5.11 Å². The summed E-state index contributed by atoms with van der Waals surface area (Å²) in [4.78, 5) is 11.1. The molecule has 18 heavy (non-hydrogen) atoms. The Morgan fingerprint density at radius 1 is 0.833 bits per heavy atom. The van der Waals surface area contributed by atoms with Crippen molar-refractivity contribution < 1.29 is 9.90 Å². The van der Waals surface area contributed by atoms with Crippen LogP contribution in [0.3, 0.4) is 0 Å². The van der Waals surface area contributed by atoms with Crippen molar-refractivity contribution in [2.75, 3.05) is 0 Å². The van der Waals surface area contributed by atoms with Gasteiger partial charge in [0.15, 0.2) is 0 Å². The summed E-state index contributed by atoms with van der Waals surface area (Å²) in [5.41, 5.74) is 2.11. The highest BCUT2D eigenvalue weighted by Crippen LogP contribution is 2.28. The van der Waals surface area contributed by atoms with Gasteiger partial charge in [-0.05, 0) is 11.1 Å². The standard InChI is InChI=1S/C15H11ClO2/c16-14(15(17)18)13(11-7-3-1-4-8-11)12-9-5-2-6-10-12/h1-10H,(H,17,18). The minimum atomic E-state index is -1.13. The first-order valence-corrected chi connectivity index (χ1v) is 5.82. The van der Waals surface area contributed by atoms with E-state index in [4.69, 9.17) is 16.7 Å². The first-order chi connectivity index (χ1) is 8.70. The van der Waals surface area contributed by atoms with E-state index in [0.717, 1.165) is 11.1 Å². The highest BCUT2D eigenvalue weighted by atomic mass is 35.5. The molecular weight excluding hydrogens is 248 g/mol. The number of carboxylic acids is 1. The van der Waals surface area contributed by atoms with Gasteiger partial charge in [-0.2, -0.15) is 0 Å². The van der Waals surface area contributed by atoms with E-state index in [1.807, 2.05) is 60.7 Å². The van der Waals surface area contributed by atoms with E-state index >= 15 is 0 Å². The lowest BCUT2D eigenvalue weighted by Gasteiger charge is -2.09. The Morgan fingerprint density at radius 3 is 1.56 bits per heavy atom. The summed E-state index contributed by atoms with van der Waals surface area (Å²) in [5.74, 6) is -1.13. The third kappa shape index (κ3) is 2.60. The molecule has 0 spiro atoms. The molecule has 0 amide bonds. The molecular formula is C15H11ClO2. The van der Waals surface area contributed by atoms with Crippen LogP contribution in [-0.4, -0.2) is 11.1 Å². The summed E-state index contributed by atoms with van der Waals surface area (Å²) < 4.78 is 0. The molecule has 0 fully saturated rings. The lowest BCUT2D eigenvalue weighted by Crippen LogP contribution is -2.00. The summed E-state index contributed by atoms with van der Waals surface area (Å²) in [6.07, 6.45) is 0. The normalized spacial score (nSPS) is 9.83. The number of benzene rings is 2. The van der Waals surface area contributed by atoms with Crippen molar-refractivity contribution in [1.82, 2.24) is 0 Å². The van der Waals surface area contributed by atoms with Gasteiger partial charge in [-0.1, -0.05) is 72.3 Å². The largest absolute Gasteiger partial charge is 0.477 e. The van der Waals surface area contributed by atoms with Gasteiger partial charge in [0, 0.05) is 5.57 Å². The molecule has 0 bridgehead atoms. The van der Waals surface area contributed by atoms with Gasteiger partial charge in [-0.3, -0.25) is 0 Å².